The van der Waals surface area contributed by atoms with E-state index in [1.807, 2.05) is 42.5 Å². The van der Waals surface area contributed by atoms with E-state index < -0.39 is 6.09 Å². The quantitative estimate of drug-likeness (QED) is 0.256. The zero-order valence-corrected chi connectivity index (χ0v) is 20.1. The summed E-state index contributed by atoms with van der Waals surface area (Å²) in [5, 5.41) is 15.0. The number of benzene rings is 2. The van der Waals surface area contributed by atoms with Crippen LogP contribution in [0.4, 0.5) is 4.79 Å². The number of amides is 1. The standard InChI is InChI=1S/C26H35N5O3/c1-29(25(28-26(32)33)30(2)27-20-22-11-5-3-6-12-22)15-10-18-34-24-14-9-13-23(19-24)21-31-16-7-4-8-17-31/h3,5-6,9,11-14,19-20H,4,7-8,10,15-18,21H2,1-2H3,(H,32,33). The van der Waals surface area contributed by atoms with Crippen molar-refractivity contribution in [2.75, 3.05) is 40.3 Å². The van der Waals surface area contributed by atoms with Gasteiger partial charge in [0.15, 0.2) is 0 Å². The summed E-state index contributed by atoms with van der Waals surface area (Å²) in [6.45, 7) is 4.40. The first-order valence-corrected chi connectivity index (χ1v) is 11.8. The molecule has 0 aromatic heterocycles. The SMILES string of the molecule is CN(CCCOc1cccc(CN2CCCCC2)c1)C(=NC(=O)O)N(C)N=Cc1ccccc1. The fourth-order valence-electron chi connectivity index (χ4n) is 3.94. The largest absolute Gasteiger partial charge is 0.494 e. The minimum Gasteiger partial charge on any atom is -0.494 e. The maximum absolute atomic E-state index is 11.3. The maximum atomic E-state index is 11.3. The van der Waals surface area contributed by atoms with Gasteiger partial charge in [0.25, 0.3) is 0 Å². The lowest BCUT2D eigenvalue weighted by Crippen LogP contribution is -2.39. The summed E-state index contributed by atoms with van der Waals surface area (Å²) in [6, 6.07) is 17.9. The van der Waals surface area contributed by atoms with E-state index in [-0.39, 0.29) is 5.96 Å². The van der Waals surface area contributed by atoms with Crippen molar-refractivity contribution in [3.8, 4) is 5.75 Å². The molecule has 182 valence electrons. The zero-order valence-electron chi connectivity index (χ0n) is 20.1. The Balaban J connectivity index is 1.49. The Bertz CT molecular complexity index is 958. The van der Waals surface area contributed by atoms with Gasteiger partial charge in [-0.3, -0.25) is 4.90 Å². The molecule has 0 saturated carbocycles. The molecule has 1 aliphatic heterocycles. The summed E-state index contributed by atoms with van der Waals surface area (Å²) >= 11 is 0. The molecule has 0 unspecified atom stereocenters. The number of piperidine rings is 1. The third-order valence-corrected chi connectivity index (χ3v) is 5.67. The van der Waals surface area contributed by atoms with Crippen molar-refractivity contribution in [1.82, 2.24) is 14.8 Å². The molecule has 0 bridgehead atoms. The number of guanidine groups is 1. The molecule has 0 spiro atoms. The fourth-order valence-corrected chi connectivity index (χ4v) is 3.94. The monoisotopic (exact) mass is 465 g/mol. The summed E-state index contributed by atoms with van der Waals surface area (Å²) in [4.78, 5) is 19.2. The number of nitrogens with zero attached hydrogens (tertiary/aromatic N) is 5. The zero-order chi connectivity index (χ0) is 24.2. The number of hydrazone groups is 1. The van der Waals surface area contributed by atoms with Gasteiger partial charge in [0, 0.05) is 27.2 Å². The van der Waals surface area contributed by atoms with Crippen LogP contribution in [0.1, 0.15) is 36.8 Å². The van der Waals surface area contributed by atoms with Gasteiger partial charge in [-0.05, 0) is 55.6 Å². The van der Waals surface area contributed by atoms with Gasteiger partial charge >= 0.3 is 6.09 Å². The van der Waals surface area contributed by atoms with Crippen molar-refractivity contribution in [2.24, 2.45) is 10.1 Å². The number of likely N-dealkylation sites (tertiary alicyclic amines) is 1. The highest BCUT2D eigenvalue weighted by Crippen LogP contribution is 2.18. The molecule has 2 aromatic rings. The van der Waals surface area contributed by atoms with Crippen LogP contribution < -0.4 is 4.74 Å². The molecule has 1 N–H and O–H groups in total. The van der Waals surface area contributed by atoms with Crippen molar-refractivity contribution in [1.29, 1.82) is 0 Å². The number of hydrogen-bond acceptors (Lipinski definition) is 4. The highest BCUT2D eigenvalue weighted by atomic mass is 16.5. The normalized spacial score (nSPS) is 14.8. The molecule has 1 saturated heterocycles. The first-order chi connectivity index (χ1) is 16.5. The van der Waals surface area contributed by atoms with Crippen molar-refractivity contribution >= 4 is 18.3 Å². The Hall–Kier alpha value is -3.39. The van der Waals surface area contributed by atoms with E-state index in [1.165, 1.54) is 42.9 Å². The minimum absolute atomic E-state index is 0.253. The summed E-state index contributed by atoms with van der Waals surface area (Å²) in [5.74, 6) is 1.12. The van der Waals surface area contributed by atoms with E-state index in [9.17, 15) is 9.90 Å². The molecule has 1 fully saturated rings. The van der Waals surface area contributed by atoms with Gasteiger partial charge in [0.2, 0.25) is 5.96 Å². The van der Waals surface area contributed by atoms with Crippen LogP contribution >= 0.6 is 0 Å². The van der Waals surface area contributed by atoms with E-state index in [1.54, 1.807) is 25.2 Å². The lowest BCUT2D eigenvalue weighted by Gasteiger charge is -2.26. The van der Waals surface area contributed by atoms with Crippen LogP contribution in [0, 0.1) is 0 Å². The highest BCUT2D eigenvalue weighted by Gasteiger charge is 2.14. The predicted molar refractivity (Wildman–Crippen MR) is 136 cm³/mol. The molecule has 2 aromatic carbocycles. The maximum Gasteiger partial charge on any atom is 0.434 e. The first-order valence-electron chi connectivity index (χ1n) is 11.8. The van der Waals surface area contributed by atoms with Crippen LogP contribution in [-0.4, -0.2) is 78.5 Å². The Morgan fingerprint density at radius 3 is 2.59 bits per heavy atom. The summed E-state index contributed by atoms with van der Waals surface area (Å²) in [7, 11) is 3.48. The molecule has 1 aliphatic rings. The predicted octanol–water partition coefficient (Wildman–Crippen LogP) is 4.37. The Morgan fingerprint density at radius 2 is 1.85 bits per heavy atom. The van der Waals surface area contributed by atoms with Gasteiger partial charge in [0.05, 0.1) is 12.8 Å². The average molecular weight is 466 g/mol. The fraction of sp³-hybridized carbons (Fsp3) is 0.423. The molecule has 8 nitrogen and oxygen atoms in total. The number of carboxylic acid groups (broad SMARTS) is 1. The molecule has 1 amide bonds. The highest BCUT2D eigenvalue weighted by molar-refractivity contribution is 5.90. The molecular weight excluding hydrogens is 430 g/mol. The van der Waals surface area contributed by atoms with E-state index >= 15 is 0 Å². The van der Waals surface area contributed by atoms with Crippen LogP contribution in [-0.2, 0) is 6.54 Å². The molecular formula is C26H35N5O3. The summed E-state index contributed by atoms with van der Waals surface area (Å²) < 4.78 is 5.97. The van der Waals surface area contributed by atoms with Crippen LogP contribution in [0.5, 0.6) is 5.75 Å². The smallest absolute Gasteiger partial charge is 0.434 e. The number of rotatable bonds is 9. The van der Waals surface area contributed by atoms with Crippen molar-refractivity contribution in [3.63, 3.8) is 0 Å². The molecule has 0 atom stereocenters. The second-order valence-electron chi connectivity index (χ2n) is 8.48. The van der Waals surface area contributed by atoms with Gasteiger partial charge in [-0.2, -0.15) is 5.10 Å². The Morgan fingerprint density at radius 1 is 1.09 bits per heavy atom. The molecule has 0 radical (unpaired) electrons. The minimum atomic E-state index is -1.26. The topological polar surface area (TPSA) is 81.0 Å². The number of ether oxygens (including phenoxy) is 1. The van der Waals surface area contributed by atoms with E-state index in [0.717, 1.165) is 17.9 Å². The second-order valence-corrected chi connectivity index (χ2v) is 8.48. The lowest BCUT2D eigenvalue weighted by atomic mass is 10.1. The van der Waals surface area contributed by atoms with E-state index in [4.69, 9.17) is 4.74 Å². The number of aliphatic imine (C=N–C) groups is 1. The number of carbonyl (C=O) groups is 1. The molecule has 1 heterocycles. The van der Waals surface area contributed by atoms with Gasteiger partial charge in [-0.15, -0.1) is 4.99 Å². The summed E-state index contributed by atoms with van der Waals surface area (Å²) in [6.07, 6.45) is 5.02. The van der Waals surface area contributed by atoms with Crippen molar-refractivity contribution < 1.29 is 14.6 Å². The van der Waals surface area contributed by atoms with Crippen LogP contribution in [0.3, 0.4) is 0 Å². The van der Waals surface area contributed by atoms with Crippen LogP contribution in [0.15, 0.2) is 64.7 Å². The van der Waals surface area contributed by atoms with E-state index in [0.29, 0.717) is 19.6 Å². The molecule has 8 heteroatoms. The van der Waals surface area contributed by atoms with E-state index in [2.05, 4.69) is 27.1 Å². The molecule has 0 aliphatic carbocycles. The van der Waals surface area contributed by atoms with Crippen LogP contribution in [0.2, 0.25) is 0 Å². The van der Waals surface area contributed by atoms with Crippen molar-refractivity contribution in [2.45, 2.75) is 32.2 Å². The van der Waals surface area contributed by atoms with Crippen molar-refractivity contribution in [3.05, 3.63) is 65.7 Å². The number of hydrogen-bond donors (Lipinski definition) is 1. The van der Waals surface area contributed by atoms with Gasteiger partial charge in [-0.25, -0.2) is 9.80 Å². The second kappa shape index (κ2) is 13.3. The van der Waals surface area contributed by atoms with Gasteiger partial charge < -0.3 is 14.7 Å². The summed E-state index contributed by atoms with van der Waals surface area (Å²) in [5.41, 5.74) is 2.19. The van der Waals surface area contributed by atoms with Gasteiger partial charge in [0.1, 0.15) is 5.75 Å². The lowest BCUT2D eigenvalue weighted by molar-refractivity contribution is 0.204. The van der Waals surface area contributed by atoms with Gasteiger partial charge in [-0.1, -0.05) is 48.9 Å². The first kappa shape index (κ1) is 25.2. The molecule has 3 rings (SSSR count). The average Bonchev–Trinajstić information content (AvgIpc) is 2.85. The molecule has 34 heavy (non-hydrogen) atoms. The third-order valence-electron chi connectivity index (χ3n) is 5.67. The third kappa shape index (κ3) is 8.51. The Kier molecular flexibility index (Phi) is 9.91. The van der Waals surface area contributed by atoms with Crippen LogP contribution in [0.25, 0.3) is 0 Å². The Labute approximate surface area is 202 Å².